The Hall–Kier alpha value is -2.62. The van der Waals surface area contributed by atoms with Crippen LogP contribution in [0.4, 0.5) is 0 Å². The fourth-order valence-corrected chi connectivity index (χ4v) is 4.17. The molecule has 2 aliphatic rings. The van der Waals surface area contributed by atoms with Crippen LogP contribution >= 0.6 is 0 Å². The molecule has 1 aliphatic carbocycles. The van der Waals surface area contributed by atoms with Crippen molar-refractivity contribution in [2.24, 2.45) is 0 Å². The molecule has 4 rings (SSSR count). The second-order valence-electron chi connectivity index (χ2n) is 8.03. The number of hydrogen-bond donors (Lipinski definition) is 1. The lowest BCUT2D eigenvalue weighted by molar-refractivity contribution is -0.124. The maximum Gasteiger partial charge on any atom is 0.254 e. The molecule has 0 unspecified atom stereocenters. The van der Waals surface area contributed by atoms with Crippen LogP contribution in [0, 0.1) is 6.92 Å². The highest BCUT2D eigenvalue weighted by atomic mass is 16.2. The number of fused-ring (bicyclic) bond motifs is 1. The van der Waals surface area contributed by atoms with Gasteiger partial charge in [0.1, 0.15) is 0 Å². The van der Waals surface area contributed by atoms with Gasteiger partial charge < -0.3 is 10.2 Å². The van der Waals surface area contributed by atoms with Gasteiger partial charge in [-0.2, -0.15) is 0 Å². The van der Waals surface area contributed by atoms with Gasteiger partial charge in [0, 0.05) is 17.6 Å². The quantitative estimate of drug-likeness (QED) is 0.895. The van der Waals surface area contributed by atoms with Gasteiger partial charge in [0.05, 0.1) is 12.0 Å². The van der Waals surface area contributed by atoms with E-state index in [9.17, 15) is 9.59 Å². The van der Waals surface area contributed by atoms with Crippen molar-refractivity contribution in [2.75, 3.05) is 0 Å². The number of carbonyl (C=O) groups excluding carboxylic acids is 2. The summed E-state index contributed by atoms with van der Waals surface area (Å²) in [6.45, 7) is 5.99. The van der Waals surface area contributed by atoms with Crippen molar-refractivity contribution in [3.63, 3.8) is 0 Å². The van der Waals surface area contributed by atoms with E-state index < -0.39 is 5.92 Å². The Labute approximate surface area is 160 Å². The Morgan fingerprint density at radius 3 is 2.52 bits per heavy atom. The third-order valence-electron chi connectivity index (χ3n) is 5.41. The molecule has 1 aliphatic heterocycles. The summed E-state index contributed by atoms with van der Waals surface area (Å²) in [5.74, 6) is -0.362. The first kappa shape index (κ1) is 17.8. The maximum atomic E-state index is 13.4. The molecule has 2 aromatic rings. The highest BCUT2D eigenvalue weighted by Gasteiger charge is 2.49. The number of amides is 2. The van der Waals surface area contributed by atoms with Crippen molar-refractivity contribution in [3.8, 4) is 0 Å². The third kappa shape index (κ3) is 3.25. The number of hydrogen-bond acceptors (Lipinski definition) is 2. The average molecular weight is 362 g/mol. The van der Waals surface area contributed by atoms with Gasteiger partial charge in [-0.1, -0.05) is 48.0 Å². The normalized spacial score (nSPS) is 21.9. The van der Waals surface area contributed by atoms with Gasteiger partial charge in [0.2, 0.25) is 5.91 Å². The number of carbonyl (C=O) groups is 2. The van der Waals surface area contributed by atoms with Crippen molar-refractivity contribution in [3.05, 3.63) is 70.8 Å². The van der Waals surface area contributed by atoms with Crippen molar-refractivity contribution in [1.29, 1.82) is 0 Å². The van der Waals surface area contributed by atoms with Crippen LogP contribution in [0.1, 0.15) is 65.7 Å². The van der Waals surface area contributed by atoms with Crippen molar-refractivity contribution >= 4 is 11.8 Å². The summed E-state index contributed by atoms with van der Waals surface area (Å²) in [7, 11) is 0. The monoisotopic (exact) mass is 362 g/mol. The fraction of sp³-hybridized carbons (Fsp3) is 0.391. The molecule has 0 spiro atoms. The van der Waals surface area contributed by atoms with E-state index in [1.54, 1.807) is 0 Å². The minimum absolute atomic E-state index is 0.0119. The molecule has 0 aromatic heterocycles. The molecular formula is C23H26N2O2. The van der Waals surface area contributed by atoms with E-state index in [-0.39, 0.29) is 29.9 Å². The molecule has 0 saturated heterocycles. The molecule has 4 heteroatoms. The molecule has 1 N–H and O–H groups in total. The summed E-state index contributed by atoms with van der Waals surface area (Å²) in [6, 6.07) is 15.8. The van der Waals surface area contributed by atoms with Crippen LogP contribution in [0.2, 0.25) is 0 Å². The fourth-order valence-electron chi connectivity index (χ4n) is 4.17. The predicted molar refractivity (Wildman–Crippen MR) is 106 cm³/mol. The summed E-state index contributed by atoms with van der Waals surface area (Å²) in [5, 5.41) is 3.09. The smallest absolute Gasteiger partial charge is 0.254 e. The van der Waals surface area contributed by atoms with E-state index in [1.165, 1.54) is 0 Å². The second kappa shape index (κ2) is 6.84. The number of nitrogens with one attached hydrogen (secondary N) is 1. The van der Waals surface area contributed by atoms with E-state index in [2.05, 4.69) is 11.4 Å². The lowest BCUT2D eigenvalue weighted by Crippen LogP contribution is -2.49. The summed E-state index contributed by atoms with van der Waals surface area (Å²) < 4.78 is 0. The molecule has 2 aromatic carbocycles. The zero-order valence-electron chi connectivity index (χ0n) is 16.1. The topological polar surface area (TPSA) is 49.4 Å². The van der Waals surface area contributed by atoms with Gasteiger partial charge in [0.25, 0.3) is 5.91 Å². The maximum absolute atomic E-state index is 13.4. The number of aryl methyl sites for hydroxylation is 1. The van der Waals surface area contributed by atoms with Gasteiger partial charge >= 0.3 is 0 Å². The molecular weight excluding hydrogens is 336 g/mol. The highest BCUT2D eigenvalue weighted by molar-refractivity contribution is 6.01. The van der Waals surface area contributed by atoms with Crippen LogP contribution in [-0.4, -0.2) is 28.8 Å². The summed E-state index contributed by atoms with van der Waals surface area (Å²) in [5.41, 5.74) is 3.67. The second-order valence-corrected chi connectivity index (χ2v) is 8.03. The average Bonchev–Trinajstić information content (AvgIpc) is 3.45. The number of nitrogens with zero attached hydrogens (tertiary/aromatic N) is 1. The molecule has 1 fully saturated rings. The minimum atomic E-state index is -0.399. The SMILES string of the molecule is Cc1cccc([C@@H]2[C@H](C(=O)NC(C)C)c3ccccc3C(=O)N2C2CC2)c1. The standard InChI is InChI=1S/C23H26N2O2/c1-14(2)24-22(26)20-18-9-4-5-10-19(18)23(27)25(17-11-12-17)21(20)16-8-6-7-15(3)13-16/h4-10,13-14,17,20-21H,11-12H2,1-3H3,(H,24,26)/t20-,21-/m1/s1. The largest absolute Gasteiger partial charge is 0.353 e. The highest BCUT2D eigenvalue weighted by Crippen LogP contribution is 2.47. The molecule has 1 heterocycles. The molecule has 1 saturated carbocycles. The van der Waals surface area contributed by atoms with E-state index in [4.69, 9.17) is 0 Å². The molecule has 27 heavy (non-hydrogen) atoms. The Kier molecular flexibility index (Phi) is 4.50. The molecule has 140 valence electrons. The van der Waals surface area contributed by atoms with Gasteiger partial charge in [0.15, 0.2) is 0 Å². The molecule has 2 atom stereocenters. The Morgan fingerprint density at radius 2 is 1.85 bits per heavy atom. The van der Waals surface area contributed by atoms with E-state index in [1.807, 2.05) is 68.1 Å². The summed E-state index contributed by atoms with van der Waals surface area (Å²) in [4.78, 5) is 28.6. The van der Waals surface area contributed by atoms with Crippen LogP contribution < -0.4 is 5.32 Å². The van der Waals surface area contributed by atoms with E-state index in [0.29, 0.717) is 5.56 Å². The zero-order valence-corrected chi connectivity index (χ0v) is 16.1. The molecule has 2 amide bonds. The number of benzene rings is 2. The van der Waals surface area contributed by atoms with Crippen LogP contribution in [0.3, 0.4) is 0 Å². The lowest BCUT2D eigenvalue weighted by atomic mass is 9.78. The van der Waals surface area contributed by atoms with Crippen LogP contribution in [0.5, 0.6) is 0 Å². The third-order valence-corrected chi connectivity index (χ3v) is 5.41. The minimum Gasteiger partial charge on any atom is -0.353 e. The Bertz CT molecular complexity index is 885. The predicted octanol–water partition coefficient (Wildman–Crippen LogP) is 3.96. The van der Waals surface area contributed by atoms with Crippen LogP contribution in [-0.2, 0) is 4.79 Å². The van der Waals surface area contributed by atoms with Gasteiger partial charge in [-0.05, 0) is 50.8 Å². The first-order valence-corrected chi connectivity index (χ1v) is 9.76. The molecule has 4 nitrogen and oxygen atoms in total. The first-order valence-electron chi connectivity index (χ1n) is 9.76. The molecule has 0 bridgehead atoms. The Balaban J connectivity index is 1.90. The number of rotatable bonds is 4. The Morgan fingerprint density at radius 1 is 1.11 bits per heavy atom. The van der Waals surface area contributed by atoms with Crippen molar-refractivity contribution < 1.29 is 9.59 Å². The van der Waals surface area contributed by atoms with E-state index in [0.717, 1.165) is 29.5 Å². The van der Waals surface area contributed by atoms with Crippen LogP contribution in [0.15, 0.2) is 48.5 Å². The van der Waals surface area contributed by atoms with Crippen LogP contribution in [0.25, 0.3) is 0 Å². The summed E-state index contributed by atoms with van der Waals surface area (Å²) >= 11 is 0. The van der Waals surface area contributed by atoms with Crippen molar-refractivity contribution in [2.45, 2.75) is 57.7 Å². The van der Waals surface area contributed by atoms with Crippen molar-refractivity contribution in [1.82, 2.24) is 10.2 Å². The van der Waals surface area contributed by atoms with E-state index >= 15 is 0 Å². The zero-order chi connectivity index (χ0) is 19.1. The lowest BCUT2D eigenvalue weighted by Gasteiger charge is -2.42. The first-order chi connectivity index (χ1) is 13.0. The van der Waals surface area contributed by atoms with Gasteiger partial charge in [-0.25, -0.2) is 0 Å². The molecule has 0 radical (unpaired) electrons. The van der Waals surface area contributed by atoms with Gasteiger partial charge in [-0.15, -0.1) is 0 Å². The van der Waals surface area contributed by atoms with Gasteiger partial charge in [-0.3, -0.25) is 9.59 Å². The summed E-state index contributed by atoms with van der Waals surface area (Å²) in [6.07, 6.45) is 2.02.